The van der Waals surface area contributed by atoms with Gasteiger partial charge in [0.2, 0.25) is 0 Å². The van der Waals surface area contributed by atoms with Crippen LogP contribution in [0.1, 0.15) is 41.1 Å². The number of aromatic nitrogens is 2. The Balaban J connectivity index is 2.49. The van der Waals surface area contributed by atoms with Gasteiger partial charge in [0.1, 0.15) is 17.0 Å². The van der Waals surface area contributed by atoms with Crippen molar-refractivity contribution in [3.63, 3.8) is 0 Å². The number of nitrogens with zero attached hydrogens (tertiary/aromatic N) is 2. The summed E-state index contributed by atoms with van der Waals surface area (Å²) in [4.78, 5) is 19.3. The molecule has 1 saturated carbocycles. The van der Waals surface area contributed by atoms with Crippen LogP contribution in [0.4, 0.5) is 5.82 Å². The Bertz CT molecular complexity index is 441. The van der Waals surface area contributed by atoms with Crippen LogP contribution in [0.25, 0.3) is 0 Å². The second kappa shape index (κ2) is 3.96. The second-order valence-electron chi connectivity index (χ2n) is 4.25. The van der Waals surface area contributed by atoms with Crippen molar-refractivity contribution in [1.82, 2.24) is 9.97 Å². The Morgan fingerprint density at radius 3 is 2.47 bits per heavy atom. The summed E-state index contributed by atoms with van der Waals surface area (Å²) < 4.78 is 5.44. The molecule has 6 heteroatoms. The molecule has 1 aromatic heterocycles. The molecule has 0 bridgehead atoms. The van der Waals surface area contributed by atoms with Crippen molar-refractivity contribution in [3.8, 4) is 0 Å². The maximum absolute atomic E-state index is 11.0. The maximum atomic E-state index is 11.0. The summed E-state index contributed by atoms with van der Waals surface area (Å²) >= 11 is 0. The Labute approximate surface area is 98.8 Å². The van der Waals surface area contributed by atoms with Gasteiger partial charge in [-0.1, -0.05) is 0 Å². The van der Waals surface area contributed by atoms with Crippen LogP contribution in [0.2, 0.25) is 0 Å². The normalized spacial score (nSPS) is 17.5. The summed E-state index contributed by atoms with van der Waals surface area (Å²) in [6.07, 6.45) is 2.74. The lowest BCUT2D eigenvalue weighted by atomic mass is 9.79. The van der Waals surface area contributed by atoms with E-state index in [0.29, 0.717) is 11.5 Å². The fraction of sp³-hybridized carbons (Fsp3) is 0.545. The van der Waals surface area contributed by atoms with Gasteiger partial charge in [-0.15, -0.1) is 0 Å². The van der Waals surface area contributed by atoms with E-state index >= 15 is 0 Å². The number of hydrogen-bond donors (Lipinski definition) is 2. The highest BCUT2D eigenvalue weighted by Crippen LogP contribution is 2.43. The lowest BCUT2D eigenvalue weighted by Crippen LogP contribution is -2.38. The van der Waals surface area contributed by atoms with E-state index in [1.807, 2.05) is 0 Å². The van der Waals surface area contributed by atoms with Gasteiger partial charge in [0.05, 0.1) is 5.69 Å². The topological polar surface area (TPSA) is 98.3 Å². The van der Waals surface area contributed by atoms with Crippen LogP contribution < -0.4 is 5.73 Å². The van der Waals surface area contributed by atoms with E-state index in [9.17, 15) is 4.79 Å². The summed E-state index contributed by atoms with van der Waals surface area (Å²) in [7, 11) is 1.61. The molecule has 0 unspecified atom stereocenters. The molecular weight excluding hydrogens is 222 g/mol. The molecule has 92 valence electrons. The number of anilines is 1. The number of nitrogens with two attached hydrogens (primary N) is 1. The van der Waals surface area contributed by atoms with Gasteiger partial charge in [0, 0.05) is 7.11 Å². The number of carboxylic acids is 1. The number of carboxylic acid groups (broad SMARTS) is 1. The van der Waals surface area contributed by atoms with Crippen LogP contribution in [0, 0.1) is 6.92 Å². The van der Waals surface area contributed by atoms with Crippen molar-refractivity contribution in [2.75, 3.05) is 12.8 Å². The Morgan fingerprint density at radius 1 is 1.47 bits per heavy atom. The minimum absolute atomic E-state index is 0.00308. The maximum Gasteiger partial charge on any atom is 0.341 e. The molecule has 0 radical (unpaired) electrons. The molecule has 1 aliphatic carbocycles. The Kier molecular flexibility index (Phi) is 2.74. The summed E-state index contributed by atoms with van der Waals surface area (Å²) in [5.41, 5.74) is 5.54. The van der Waals surface area contributed by atoms with Crippen LogP contribution >= 0.6 is 0 Å². The molecule has 0 aromatic carbocycles. The first-order chi connectivity index (χ1) is 8.00. The van der Waals surface area contributed by atoms with E-state index in [2.05, 4.69) is 9.97 Å². The minimum atomic E-state index is -1.10. The van der Waals surface area contributed by atoms with E-state index in [-0.39, 0.29) is 11.4 Å². The molecule has 1 fully saturated rings. The summed E-state index contributed by atoms with van der Waals surface area (Å²) in [6, 6.07) is 0. The van der Waals surface area contributed by atoms with Crippen molar-refractivity contribution in [2.24, 2.45) is 0 Å². The van der Waals surface area contributed by atoms with Crippen LogP contribution in [0.5, 0.6) is 0 Å². The number of hydrogen-bond acceptors (Lipinski definition) is 5. The van der Waals surface area contributed by atoms with Gasteiger partial charge in [0.25, 0.3) is 0 Å². The van der Waals surface area contributed by atoms with Crippen LogP contribution in [0.3, 0.4) is 0 Å². The fourth-order valence-electron chi connectivity index (χ4n) is 2.08. The van der Waals surface area contributed by atoms with Crippen molar-refractivity contribution < 1.29 is 14.6 Å². The average molecular weight is 237 g/mol. The van der Waals surface area contributed by atoms with E-state index < -0.39 is 11.6 Å². The first kappa shape index (κ1) is 11.8. The predicted octanol–water partition coefficient (Wildman–Crippen LogP) is 1.09. The predicted molar refractivity (Wildman–Crippen MR) is 60.7 cm³/mol. The largest absolute Gasteiger partial charge is 0.477 e. The molecule has 1 heterocycles. The molecule has 1 aromatic rings. The van der Waals surface area contributed by atoms with E-state index in [1.165, 1.54) is 0 Å². The number of aryl methyl sites for hydroxylation is 1. The van der Waals surface area contributed by atoms with Gasteiger partial charge >= 0.3 is 5.97 Å². The third kappa shape index (κ3) is 1.74. The van der Waals surface area contributed by atoms with Crippen LogP contribution in [-0.4, -0.2) is 28.2 Å². The van der Waals surface area contributed by atoms with Crippen LogP contribution in [-0.2, 0) is 10.3 Å². The zero-order chi connectivity index (χ0) is 12.6. The van der Waals surface area contributed by atoms with Gasteiger partial charge in [-0.2, -0.15) is 0 Å². The highest BCUT2D eigenvalue weighted by molar-refractivity contribution is 5.93. The quantitative estimate of drug-likeness (QED) is 0.816. The van der Waals surface area contributed by atoms with Gasteiger partial charge in [-0.25, -0.2) is 14.8 Å². The van der Waals surface area contributed by atoms with E-state index in [0.717, 1.165) is 19.3 Å². The smallest absolute Gasteiger partial charge is 0.341 e. The molecule has 0 amide bonds. The molecule has 1 aliphatic rings. The molecule has 0 aliphatic heterocycles. The molecular formula is C11H15N3O3. The summed E-state index contributed by atoms with van der Waals surface area (Å²) in [5.74, 6) is -0.610. The number of nitrogen functional groups attached to an aromatic ring is 1. The first-order valence-corrected chi connectivity index (χ1v) is 5.43. The molecule has 6 nitrogen and oxygen atoms in total. The van der Waals surface area contributed by atoms with Crippen molar-refractivity contribution in [1.29, 1.82) is 0 Å². The van der Waals surface area contributed by atoms with Gasteiger partial charge in [-0.05, 0) is 26.2 Å². The molecule has 0 atom stereocenters. The highest BCUT2D eigenvalue weighted by atomic mass is 16.5. The van der Waals surface area contributed by atoms with E-state index in [4.69, 9.17) is 15.6 Å². The zero-order valence-corrected chi connectivity index (χ0v) is 9.86. The average Bonchev–Trinajstić information content (AvgIpc) is 2.14. The number of methoxy groups -OCH3 is 1. The zero-order valence-electron chi connectivity index (χ0n) is 9.86. The minimum Gasteiger partial charge on any atom is -0.477 e. The standard InChI is InChI=1S/C11H15N3O3/c1-6-7(9(15)16)8(12)14-10(13-6)11(17-2)4-3-5-11/h3-5H2,1-2H3,(H,15,16)(H2,12,13,14). The molecule has 2 rings (SSSR count). The highest BCUT2D eigenvalue weighted by Gasteiger charge is 2.42. The third-order valence-corrected chi connectivity index (χ3v) is 3.29. The lowest BCUT2D eigenvalue weighted by Gasteiger charge is -2.39. The molecule has 0 spiro atoms. The molecule has 17 heavy (non-hydrogen) atoms. The Hall–Kier alpha value is -1.69. The SMILES string of the molecule is COC1(c2nc(C)c(C(=O)O)c(N)n2)CCC1. The number of rotatable bonds is 3. The third-order valence-electron chi connectivity index (χ3n) is 3.29. The summed E-state index contributed by atoms with van der Waals surface area (Å²) in [6.45, 7) is 1.62. The van der Waals surface area contributed by atoms with Crippen molar-refractivity contribution in [3.05, 3.63) is 17.1 Å². The Morgan fingerprint density at radius 2 is 2.12 bits per heavy atom. The number of ether oxygens (including phenoxy) is 1. The van der Waals surface area contributed by atoms with E-state index in [1.54, 1.807) is 14.0 Å². The van der Waals surface area contributed by atoms with Crippen molar-refractivity contribution >= 4 is 11.8 Å². The monoisotopic (exact) mass is 237 g/mol. The first-order valence-electron chi connectivity index (χ1n) is 5.43. The number of aromatic carboxylic acids is 1. The van der Waals surface area contributed by atoms with Crippen molar-refractivity contribution in [2.45, 2.75) is 31.8 Å². The fourth-order valence-corrected chi connectivity index (χ4v) is 2.08. The second-order valence-corrected chi connectivity index (χ2v) is 4.25. The molecule has 0 saturated heterocycles. The lowest BCUT2D eigenvalue weighted by molar-refractivity contribution is -0.0846. The molecule has 3 N–H and O–H groups in total. The van der Waals surface area contributed by atoms with Crippen LogP contribution in [0.15, 0.2) is 0 Å². The van der Waals surface area contributed by atoms with Gasteiger partial charge in [-0.3, -0.25) is 0 Å². The van der Waals surface area contributed by atoms with Gasteiger partial charge in [0.15, 0.2) is 5.82 Å². The number of carbonyl (C=O) groups is 1. The van der Waals surface area contributed by atoms with Gasteiger partial charge < -0.3 is 15.6 Å². The summed E-state index contributed by atoms with van der Waals surface area (Å²) in [5, 5.41) is 8.98.